The molecular weight excluding hydrogens is 322 g/mol. The SMILES string of the molecule is CCNCCNS(=O)(=O)c1cc([N+](=O)[O-])ccc1OC.Cl. The first-order chi connectivity index (χ1) is 9.42. The molecule has 21 heavy (non-hydrogen) atoms. The standard InChI is InChI=1S/C11H17N3O5S.ClH/c1-3-12-6-7-13-20(17,18)11-8-9(14(15)16)4-5-10(11)19-2;/h4-5,8,12-13H,3,6-7H2,1-2H3;1H. The fraction of sp³-hybridized carbons (Fsp3) is 0.455. The van der Waals surface area contributed by atoms with Gasteiger partial charge in [0.1, 0.15) is 10.6 Å². The van der Waals surface area contributed by atoms with E-state index in [2.05, 4.69) is 10.0 Å². The Kier molecular flexibility index (Phi) is 8.18. The maximum absolute atomic E-state index is 12.1. The number of hydrogen-bond acceptors (Lipinski definition) is 6. The molecule has 0 saturated heterocycles. The Bertz CT molecular complexity index is 579. The second-order valence-electron chi connectivity index (χ2n) is 3.84. The van der Waals surface area contributed by atoms with Gasteiger partial charge in [0.15, 0.2) is 0 Å². The van der Waals surface area contributed by atoms with Crippen LogP contribution in [0.3, 0.4) is 0 Å². The summed E-state index contributed by atoms with van der Waals surface area (Å²) < 4.78 is 31.5. The van der Waals surface area contributed by atoms with Gasteiger partial charge in [-0.1, -0.05) is 6.92 Å². The molecule has 1 rings (SSSR count). The molecule has 0 aliphatic carbocycles. The fourth-order valence-electron chi connectivity index (χ4n) is 1.52. The predicted molar refractivity (Wildman–Crippen MR) is 80.6 cm³/mol. The van der Waals surface area contributed by atoms with Gasteiger partial charge >= 0.3 is 0 Å². The largest absolute Gasteiger partial charge is 0.495 e. The molecule has 0 spiro atoms. The zero-order valence-corrected chi connectivity index (χ0v) is 13.3. The van der Waals surface area contributed by atoms with Crippen molar-refractivity contribution >= 4 is 28.1 Å². The highest BCUT2D eigenvalue weighted by atomic mass is 35.5. The van der Waals surface area contributed by atoms with Gasteiger partial charge in [0.05, 0.1) is 12.0 Å². The minimum absolute atomic E-state index is 0. The maximum atomic E-state index is 12.1. The Hall–Kier alpha value is -1.42. The van der Waals surface area contributed by atoms with Crippen molar-refractivity contribution in [3.05, 3.63) is 28.3 Å². The number of nitro benzene ring substituents is 1. The Morgan fingerprint density at radius 3 is 2.52 bits per heavy atom. The van der Waals surface area contributed by atoms with Crippen LogP contribution in [0.5, 0.6) is 5.75 Å². The summed E-state index contributed by atoms with van der Waals surface area (Å²) in [6, 6.07) is 3.43. The summed E-state index contributed by atoms with van der Waals surface area (Å²) >= 11 is 0. The van der Waals surface area contributed by atoms with Crippen molar-refractivity contribution in [3.63, 3.8) is 0 Å². The molecule has 0 unspecified atom stereocenters. The predicted octanol–water partition coefficient (Wildman–Crippen LogP) is 0.913. The normalized spacial score (nSPS) is 10.8. The number of likely N-dealkylation sites (N-methyl/N-ethyl adjacent to an activating group) is 1. The minimum Gasteiger partial charge on any atom is -0.495 e. The third kappa shape index (κ3) is 5.46. The minimum atomic E-state index is -3.86. The van der Waals surface area contributed by atoms with E-state index >= 15 is 0 Å². The second kappa shape index (κ2) is 8.78. The Morgan fingerprint density at radius 1 is 1.33 bits per heavy atom. The zero-order chi connectivity index (χ0) is 15.2. The molecule has 0 amide bonds. The zero-order valence-electron chi connectivity index (χ0n) is 11.7. The fourth-order valence-corrected chi connectivity index (χ4v) is 2.74. The second-order valence-corrected chi connectivity index (χ2v) is 5.58. The molecule has 0 heterocycles. The molecule has 0 bridgehead atoms. The topological polar surface area (TPSA) is 111 Å². The molecule has 1 aromatic rings. The number of sulfonamides is 1. The monoisotopic (exact) mass is 339 g/mol. The summed E-state index contributed by atoms with van der Waals surface area (Å²) in [5, 5.41) is 13.7. The van der Waals surface area contributed by atoms with Gasteiger partial charge in [-0.2, -0.15) is 0 Å². The summed E-state index contributed by atoms with van der Waals surface area (Å²) in [7, 11) is -2.55. The number of methoxy groups -OCH3 is 1. The molecule has 0 fully saturated rings. The van der Waals surface area contributed by atoms with E-state index in [9.17, 15) is 18.5 Å². The summed E-state index contributed by atoms with van der Waals surface area (Å²) in [6.07, 6.45) is 0. The smallest absolute Gasteiger partial charge is 0.271 e. The van der Waals surface area contributed by atoms with Crippen LogP contribution in [-0.4, -0.2) is 40.1 Å². The molecule has 0 aromatic heterocycles. The summed E-state index contributed by atoms with van der Waals surface area (Å²) in [4.78, 5) is 9.82. The van der Waals surface area contributed by atoms with Gasteiger partial charge in [0.2, 0.25) is 10.0 Å². The Morgan fingerprint density at radius 2 is 2.00 bits per heavy atom. The van der Waals surface area contributed by atoms with Crippen LogP contribution >= 0.6 is 12.4 Å². The van der Waals surface area contributed by atoms with Gasteiger partial charge in [-0.25, -0.2) is 13.1 Å². The lowest BCUT2D eigenvalue weighted by atomic mass is 10.3. The number of nitro groups is 1. The number of halogens is 1. The van der Waals surface area contributed by atoms with Crippen molar-refractivity contribution in [3.8, 4) is 5.75 Å². The van der Waals surface area contributed by atoms with E-state index in [1.807, 2.05) is 6.92 Å². The van der Waals surface area contributed by atoms with E-state index in [4.69, 9.17) is 4.74 Å². The van der Waals surface area contributed by atoms with Gasteiger partial charge in [-0.05, 0) is 12.6 Å². The molecule has 0 radical (unpaired) electrons. The number of hydrogen-bond donors (Lipinski definition) is 2. The van der Waals surface area contributed by atoms with Crippen LogP contribution in [0.4, 0.5) is 5.69 Å². The average Bonchev–Trinajstić information content (AvgIpc) is 2.42. The van der Waals surface area contributed by atoms with Crippen molar-refractivity contribution in [2.75, 3.05) is 26.7 Å². The molecule has 10 heteroatoms. The summed E-state index contributed by atoms with van der Waals surface area (Å²) in [6.45, 7) is 3.27. The van der Waals surface area contributed by atoms with E-state index in [1.54, 1.807) is 0 Å². The van der Waals surface area contributed by atoms with E-state index in [0.29, 0.717) is 6.54 Å². The quantitative estimate of drug-likeness (QED) is 0.414. The third-order valence-corrected chi connectivity index (χ3v) is 3.97. The lowest BCUT2D eigenvalue weighted by molar-refractivity contribution is -0.385. The van der Waals surface area contributed by atoms with Crippen LogP contribution in [-0.2, 0) is 10.0 Å². The highest BCUT2D eigenvalue weighted by Crippen LogP contribution is 2.27. The highest BCUT2D eigenvalue weighted by molar-refractivity contribution is 7.89. The van der Waals surface area contributed by atoms with Gasteiger partial charge < -0.3 is 10.1 Å². The average molecular weight is 340 g/mol. The number of nitrogens with one attached hydrogen (secondary N) is 2. The Labute approximate surface area is 129 Å². The van der Waals surface area contributed by atoms with Crippen molar-refractivity contribution in [2.45, 2.75) is 11.8 Å². The number of rotatable bonds is 8. The molecular formula is C11H18ClN3O5S. The van der Waals surface area contributed by atoms with Crippen molar-refractivity contribution in [2.24, 2.45) is 0 Å². The van der Waals surface area contributed by atoms with Crippen LogP contribution in [0.15, 0.2) is 23.1 Å². The van der Waals surface area contributed by atoms with Crippen molar-refractivity contribution in [1.82, 2.24) is 10.0 Å². The molecule has 0 atom stereocenters. The van der Waals surface area contributed by atoms with E-state index in [-0.39, 0.29) is 35.3 Å². The van der Waals surface area contributed by atoms with E-state index in [1.165, 1.54) is 19.2 Å². The summed E-state index contributed by atoms with van der Waals surface area (Å²) in [5.74, 6) is 0.0616. The van der Waals surface area contributed by atoms with E-state index in [0.717, 1.165) is 12.6 Å². The first kappa shape index (κ1) is 19.6. The highest BCUT2D eigenvalue weighted by Gasteiger charge is 2.22. The van der Waals surface area contributed by atoms with Gasteiger partial charge in [0.25, 0.3) is 5.69 Å². The summed E-state index contributed by atoms with van der Waals surface area (Å²) in [5.41, 5.74) is -0.308. The first-order valence-corrected chi connectivity index (χ1v) is 7.43. The molecule has 1 aromatic carbocycles. The molecule has 8 nitrogen and oxygen atoms in total. The molecule has 0 aliphatic rings. The molecule has 0 saturated carbocycles. The lowest BCUT2D eigenvalue weighted by Crippen LogP contribution is -2.32. The van der Waals surface area contributed by atoms with Gasteiger partial charge in [-0.15, -0.1) is 12.4 Å². The number of ether oxygens (including phenoxy) is 1. The van der Waals surface area contributed by atoms with Crippen LogP contribution in [0.1, 0.15) is 6.92 Å². The van der Waals surface area contributed by atoms with Gasteiger partial charge in [0, 0.05) is 25.2 Å². The molecule has 120 valence electrons. The van der Waals surface area contributed by atoms with Crippen LogP contribution < -0.4 is 14.8 Å². The van der Waals surface area contributed by atoms with Crippen molar-refractivity contribution < 1.29 is 18.1 Å². The van der Waals surface area contributed by atoms with Crippen molar-refractivity contribution in [1.29, 1.82) is 0 Å². The van der Waals surface area contributed by atoms with Crippen LogP contribution in [0.25, 0.3) is 0 Å². The van der Waals surface area contributed by atoms with Gasteiger partial charge in [-0.3, -0.25) is 10.1 Å². The molecule has 0 aliphatic heterocycles. The van der Waals surface area contributed by atoms with E-state index < -0.39 is 14.9 Å². The lowest BCUT2D eigenvalue weighted by Gasteiger charge is -2.10. The third-order valence-electron chi connectivity index (χ3n) is 2.49. The number of non-ortho nitro benzene ring substituents is 1. The Balaban J connectivity index is 0.00000400. The first-order valence-electron chi connectivity index (χ1n) is 5.95. The number of benzene rings is 1. The van der Waals surface area contributed by atoms with Crippen LogP contribution in [0.2, 0.25) is 0 Å². The van der Waals surface area contributed by atoms with Crippen LogP contribution in [0, 0.1) is 10.1 Å². The number of nitrogens with zero attached hydrogens (tertiary/aromatic N) is 1. The molecule has 2 N–H and O–H groups in total. The maximum Gasteiger partial charge on any atom is 0.271 e.